The van der Waals surface area contributed by atoms with Crippen LogP contribution < -0.4 is 20.5 Å². The molecule has 7 nitrogen and oxygen atoms in total. The summed E-state index contributed by atoms with van der Waals surface area (Å²) in [5, 5.41) is 2.26. The number of hydrogen-bond acceptors (Lipinski definition) is 6. The van der Waals surface area contributed by atoms with Crippen molar-refractivity contribution in [2.45, 2.75) is 13.8 Å². The molecule has 0 spiro atoms. The predicted molar refractivity (Wildman–Crippen MR) is 96.2 cm³/mol. The lowest BCUT2D eigenvalue weighted by Crippen LogP contribution is -2.37. The summed E-state index contributed by atoms with van der Waals surface area (Å²) in [4.78, 5) is 29.5. The van der Waals surface area contributed by atoms with Gasteiger partial charge in [0.2, 0.25) is 0 Å². The molecule has 3 rings (SSSR count). The summed E-state index contributed by atoms with van der Waals surface area (Å²) in [7, 11) is 1.53. The van der Waals surface area contributed by atoms with Crippen LogP contribution >= 0.6 is 11.3 Å². The lowest BCUT2D eigenvalue weighted by Gasteiger charge is -2.13. The molecule has 8 heteroatoms. The van der Waals surface area contributed by atoms with Gasteiger partial charge in [-0.2, -0.15) is 0 Å². The average molecular weight is 359 g/mol. The number of hydrogen-bond donors (Lipinski definition) is 1. The summed E-state index contributed by atoms with van der Waals surface area (Å²) in [6.45, 7) is 3.33. The maximum Gasteiger partial charge on any atom is 0.281 e. The van der Waals surface area contributed by atoms with Crippen molar-refractivity contribution in [3.8, 4) is 11.5 Å². The fourth-order valence-corrected chi connectivity index (χ4v) is 3.14. The number of nitrogens with one attached hydrogen (secondary N) is 1. The van der Waals surface area contributed by atoms with Crippen LogP contribution in [0.3, 0.4) is 0 Å². The molecule has 0 bridgehead atoms. The highest BCUT2D eigenvalue weighted by molar-refractivity contribution is 7.16. The van der Waals surface area contributed by atoms with E-state index in [1.165, 1.54) is 18.4 Å². The quantitative estimate of drug-likeness (QED) is 0.755. The van der Waals surface area contributed by atoms with Crippen molar-refractivity contribution in [1.82, 2.24) is 9.66 Å². The van der Waals surface area contributed by atoms with Crippen LogP contribution in [0.1, 0.15) is 11.4 Å². The number of methoxy groups -OCH3 is 1. The van der Waals surface area contributed by atoms with Gasteiger partial charge < -0.3 is 9.47 Å². The van der Waals surface area contributed by atoms with E-state index in [9.17, 15) is 9.59 Å². The van der Waals surface area contributed by atoms with Gasteiger partial charge in [0.15, 0.2) is 18.1 Å². The van der Waals surface area contributed by atoms with Gasteiger partial charge in [-0.25, -0.2) is 9.66 Å². The Morgan fingerprint density at radius 3 is 2.84 bits per heavy atom. The van der Waals surface area contributed by atoms with Gasteiger partial charge in [0.25, 0.3) is 11.5 Å². The van der Waals surface area contributed by atoms with Crippen LogP contribution in [0.25, 0.3) is 10.2 Å². The number of carbonyl (C=O) groups is 1. The number of aryl methyl sites for hydroxylation is 2. The van der Waals surface area contributed by atoms with Crippen LogP contribution in [-0.4, -0.2) is 29.3 Å². The Hall–Kier alpha value is -2.87. The first kappa shape index (κ1) is 17.0. The summed E-state index contributed by atoms with van der Waals surface area (Å²) in [6, 6.07) is 7.10. The van der Waals surface area contributed by atoms with Crippen molar-refractivity contribution in [2.75, 3.05) is 19.1 Å². The Bertz CT molecular complexity index is 993. The van der Waals surface area contributed by atoms with Crippen LogP contribution in [0.2, 0.25) is 0 Å². The van der Waals surface area contributed by atoms with Crippen molar-refractivity contribution in [3.63, 3.8) is 0 Å². The Kier molecular flexibility index (Phi) is 4.71. The maximum atomic E-state index is 12.4. The summed E-state index contributed by atoms with van der Waals surface area (Å²) >= 11 is 1.38. The molecule has 0 radical (unpaired) electrons. The second kappa shape index (κ2) is 6.94. The first-order valence-electron chi connectivity index (χ1n) is 7.53. The average Bonchev–Trinajstić information content (AvgIpc) is 3.05. The predicted octanol–water partition coefficient (Wildman–Crippen LogP) is 2.23. The van der Waals surface area contributed by atoms with E-state index in [4.69, 9.17) is 9.47 Å². The second-order valence-corrected chi connectivity index (χ2v) is 6.31. The molecule has 3 aromatic rings. The minimum Gasteiger partial charge on any atom is -0.493 e. The Morgan fingerprint density at radius 2 is 2.08 bits per heavy atom. The van der Waals surface area contributed by atoms with E-state index in [0.29, 0.717) is 27.5 Å². The first-order chi connectivity index (χ1) is 12.0. The SMILES string of the molecule is COc1cc(C)ccc1OCC(=O)Nn1c(C)nc2sccc2c1=O. The Morgan fingerprint density at radius 1 is 1.28 bits per heavy atom. The third-order valence-electron chi connectivity index (χ3n) is 3.58. The number of aromatic nitrogens is 2. The van der Waals surface area contributed by atoms with Crippen molar-refractivity contribution < 1.29 is 14.3 Å². The van der Waals surface area contributed by atoms with Crippen molar-refractivity contribution in [1.29, 1.82) is 0 Å². The highest BCUT2D eigenvalue weighted by Gasteiger charge is 2.13. The largest absolute Gasteiger partial charge is 0.493 e. The summed E-state index contributed by atoms with van der Waals surface area (Å²) in [6.07, 6.45) is 0. The number of amides is 1. The van der Waals surface area contributed by atoms with Gasteiger partial charge in [-0.1, -0.05) is 6.07 Å². The zero-order valence-corrected chi connectivity index (χ0v) is 14.8. The lowest BCUT2D eigenvalue weighted by molar-refractivity contribution is -0.119. The molecule has 0 aliphatic rings. The van der Waals surface area contributed by atoms with Gasteiger partial charge in [-0.3, -0.25) is 15.0 Å². The smallest absolute Gasteiger partial charge is 0.281 e. The minimum atomic E-state index is -0.468. The van der Waals surface area contributed by atoms with E-state index < -0.39 is 5.91 Å². The molecule has 0 aliphatic heterocycles. The second-order valence-electron chi connectivity index (χ2n) is 5.42. The molecule has 1 amide bonds. The fraction of sp³-hybridized carbons (Fsp3) is 0.235. The highest BCUT2D eigenvalue weighted by Crippen LogP contribution is 2.27. The topological polar surface area (TPSA) is 82.4 Å². The van der Waals surface area contributed by atoms with Crippen molar-refractivity contribution in [3.05, 3.63) is 51.4 Å². The van der Waals surface area contributed by atoms with Crippen molar-refractivity contribution >= 4 is 27.5 Å². The molecule has 0 saturated carbocycles. The summed E-state index contributed by atoms with van der Waals surface area (Å²) in [5.41, 5.74) is 3.23. The number of nitrogens with zero attached hydrogens (tertiary/aromatic N) is 2. The van der Waals surface area contributed by atoms with Gasteiger partial charge in [0.1, 0.15) is 10.7 Å². The molecule has 0 fully saturated rings. The fourth-order valence-electron chi connectivity index (χ4n) is 2.34. The summed E-state index contributed by atoms with van der Waals surface area (Å²) < 4.78 is 11.9. The molecule has 25 heavy (non-hydrogen) atoms. The van der Waals surface area contributed by atoms with Gasteiger partial charge in [0, 0.05) is 0 Å². The van der Waals surface area contributed by atoms with Crippen LogP contribution in [0.15, 0.2) is 34.4 Å². The zero-order valence-electron chi connectivity index (χ0n) is 14.0. The minimum absolute atomic E-state index is 0.257. The molecular formula is C17H17N3O4S. The van der Waals surface area contributed by atoms with Crippen LogP contribution in [-0.2, 0) is 4.79 Å². The normalized spacial score (nSPS) is 10.7. The number of rotatable bonds is 5. The number of thiophene rings is 1. The Labute approximate surface area is 147 Å². The Balaban J connectivity index is 1.74. The van der Waals surface area contributed by atoms with E-state index in [-0.39, 0.29) is 12.2 Å². The lowest BCUT2D eigenvalue weighted by atomic mass is 10.2. The molecule has 0 saturated heterocycles. The highest BCUT2D eigenvalue weighted by atomic mass is 32.1. The zero-order chi connectivity index (χ0) is 18.0. The third-order valence-corrected chi connectivity index (χ3v) is 4.39. The van der Waals surface area contributed by atoms with E-state index in [1.54, 1.807) is 24.4 Å². The number of carbonyl (C=O) groups excluding carboxylic acids is 1. The van der Waals surface area contributed by atoms with Crippen LogP contribution in [0.5, 0.6) is 11.5 Å². The molecular weight excluding hydrogens is 342 g/mol. The molecule has 2 heterocycles. The van der Waals surface area contributed by atoms with Crippen LogP contribution in [0.4, 0.5) is 0 Å². The van der Waals surface area contributed by atoms with E-state index in [2.05, 4.69) is 10.4 Å². The van der Waals surface area contributed by atoms with E-state index in [0.717, 1.165) is 10.2 Å². The van der Waals surface area contributed by atoms with Crippen molar-refractivity contribution in [2.24, 2.45) is 0 Å². The maximum absolute atomic E-state index is 12.4. The molecule has 0 aliphatic carbocycles. The standard InChI is InChI=1S/C17H17N3O4S/c1-10-4-5-13(14(8-10)23-3)24-9-15(21)19-20-11(2)18-16-12(17(20)22)6-7-25-16/h4-8H,9H2,1-3H3,(H,19,21). The molecule has 2 aromatic heterocycles. The molecule has 1 N–H and O–H groups in total. The van der Waals surface area contributed by atoms with Gasteiger partial charge in [-0.15, -0.1) is 11.3 Å². The number of ether oxygens (including phenoxy) is 2. The number of benzene rings is 1. The third kappa shape index (κ3) is 3.48. The van der Waals surface area contributed by atoms with E-state index in [1.807, 2.05) is 19.1 Å². The molecule has 0 unspecified atom stereocenters. The molecule has 0 atom stereocenters. The number of fused-ring (bicyclic) bond motifs is 1. The van der Waals surface area contributed by atoms with E-state index >= 15 is 0 Å². The van der Waals surface area contributed by atoms with Gasteiger partial charge >= 0.3 is 0 Å². The molecule has 130 valence electrons. The monoisotopic (exact) mass is 359 g/mol. The first-order valence-corrected chi connectivity index (χ1v) is 8.41. The summed E-state index contributed by atoms with van der Waals surface area (Å²) in [5.74, 6) is 0.937. The molecule has 1 aromatic carbocycles. The van der Waals surface area contributed by atoms with Gasteiger partial charge in [-0.05, 0) is 43.0 Å². The van der Waals surface area contributed by atoms with Crippen LogP contribution in [0, 0.1) is 13.8 Å². The van der Waals surface area contributed by atoms with Gasteiger partial charge in [0.05, 0.1) is 12.5 Å².